The number of carboxylic acids is 1. The second kappa shape index (κ2) is 5.25. The fourth-order valence-electron chi connectivity index (χ4n) is 2.51. The van der Waals surface area contributed by atoms with Gasteiger partial charge < -0.3 is 10.4 Å². The molecule has 5 heteroatoms. The van der Waals surface area contributed by atoms with Gasteiger partial charge >= 0.3 is 5.97 Å². The number of nitrogens with one attached hydrogen (secondary N) is 1. The first-order valence-corrected chi connectivity index (χ1v) is 7.54. The van der Waals surface area contributed by atoms with E-state index in [2.05, 4.69) is 10.3 Å². The number of anilines is 2. The van der Waals surface area contributed by atoms with E-state index in [1.165, 1.54) is 23.4 Å². The maximum absolute atomic E-state index is 11.0. The molecular weight excluding hydrogens is 272 g/mol. The van der Waals surface area contributed by atoms with Gasteiger partial charge in [0.15, 0.2) is 5.13 Å². The Hall–Kier alpha value is -1.88. The van der Waals surface area contributed by atoms with Gasteiger partial charge in [-0.2, -0.15) is 0 Å². The van der Waals surface area contributed by atoms with Gasteiger partial charge in [-0.3, -0.25) is 0 Å². The Morgan fingerprint density at radius 3 is 2.85 bits per heavy atom. The number of fused-ring (bicyclic) bond motifs is 1. The molecule has 1 aromatic heterocycles. The number of aryl methyl sites for hydroxylation is 3. The predicted molar refractivity (Wildman–Crippen MR) is 80.2 cm³/mol. The van der Waals surface area contributed by atoms with Crippen LogP contribution in [0.2, 0.25) is 0 Å². The fraction of sp³-hybridized carbons (Fsp3) is 0.333. The zero-order valence-corrected chi connectivity index (χ0v) is 12.1. The van der Waals surface area contributed by atoms with Crippen molar-refractivity contribution in [2.75, 3.05) is 5.32 Å². The number of nitrogens with zero attached hydrogens (tertiary/aromatic N) is 1. The molecule has 104 valence electrons. The van der Waals surface area contributed by atoms with Crippen molar-refractivity contribution in [1.82, 2.24) is 4.98 Å². The van der Waals surface area contributed by atoms with Gasteiger partial charge in [0.1, 0.15) is 0 Å². The van der Waals surface area contributed by atoms with E-state index in [1.807, 2.05) is 13.0 Å². The minimum Gasteiger partial charge on any atom is -0.478 e. The van der Waals surface area contributed by atoms with Gasteiger partial charge in [0, 0.05) is 10.6 Å². The molecule has 2 N–H and O–H groups in total. The van der Waals surface area contributed by atoms with Crippen molar-refractivity contribution in [3.63, 3.8) is 0 Å². The van der Waals surface area contributed by atoms with Crippen LogP contribution in [-0.4, -0.2) is 16.1 Å². The molecule has 0 aliphatic heterocycles. The molecule has 0 spiro atoms. The molecule has 3 rings (SSSR count). The summed E-state index contributed by atoms with van der Waals surface area (Å²) in [5.41, 5.74) is 3.21. The molecule has 20 heavy (non-hydrogen) atoms. The molecule has 0 radical (unpaired) electrons. The van der Waals surface area contributed by atoms with Crippen LogP contribution in [0.15, 0.2) is 18.2 Å². The molecule has 1 aliphatic rings. The number of thiazole rings is 1. The van der Waals surface area contributed by atoms with Crippen LogP contribution < -0.4 is 5.32 Å². The lowest BCUT2D eigenvalue weighted by Gasteiger charge is -2.06. The summed E-state index contributed by atoms with van der Waals surface area (Å²) in [7, 11) is 0. The van der Waals surface area contributed by atoms with E-state index < -0.39 is 5.97 Å². The Labute approximate surface area is 121 Å². The molecule has 1 aromatic carbocycles. The average molecular weight is 288 g/mol. The first-order chi connectivity index (χ1) is 9.63. The lowest BCUT2D eigenvalue weighted by Crippen LogP contribution is -2.00. The molecule has 1 aliphatic carbocycles. The van der Waals surface area contributed by atoms with Crippen molar-refractivity contribution in [3.8, 4) is 0 Å². The molecule has 4 nitrogen and oxygen atoms in total. The molecule has 0 bridgehead atoms. The van der Waals surface area contributed by atoms with Crippen LogP contribution in [-0.2, 0) is 12.8 Å². The van der Waals surface area contributed by atoms with Gasteiger partial charge in [-0.05, 0) is 56.4 Å². The predicted octanol–water partition coefficient (Wildman–Crippen LogP) is 3.77. The number of aromatic nitrogens is 1. The first kappa shape index (κ1) is 13.1. The highest BCUT2D eigenvalue weighted by molar-refractivity contribution is 7.15. The van der Waals surface area contributed by atoms with E-state index >= 15 is 0 Å². The third-order valence-corrected chi connectivity index (χ3v) is 4.63. The number of carboxylic acid groups (broad SMARTS) is 1. The van der Waals surface area contributed by atoms with Crippen molar-refractivity contribution in [3.05, 3.63) is 39.9 Å². The van der Waals surface area contributed by atoms with Crippen molar-refractivity contribution in [2.45, 2.75) is 32.6 Å². The van der Waals surface area contributed by atoms with E-state index in [0.29, 0.717) is 5.56 Å². The number of hydrogen-bond donors (Lipinski definition) is 2. The molecule has 2 aromatic rings. The van der Waals surface area contributed by atoms with E-state index in [-0.39, 0.29) is 0 Å². The zero-order valence-electron chi connectivity index (χ0n) is 11.3. The monoisotopic (exact) mass is 288 g/mol. The maximum Gasteiger partial charge on any atom is 0.335 e. The Morgan fingerprint density at radius 1 is 1.35 bits per heavy atom. The summed E-state index contributed by atoms with van der Waals surface area (Å²) in [5.74, 6) is -0.890. The molecule has 0 unspecified atom stereocenters. The second-order valence-corrected chi connectivity index (χ2v) is 6.14. The first-order valence-electron chi connectivity index (χ1n) is 6.73. The minimum absolute atomic E-state index is 0.342. The maximum atomic E-state index is 11.0. The smallest absolute Gasteiger partial charge is 0.335 e. The molecule has 1 heterocycles. The van der Waals surface area contributed by atoms with E-state index in [4.69, 9.17) is 5.11 Å². The van der Waals surface area contributed by atoms with Gasteiger partial charge in [-0.25, -0.2) is 9.78 Å². The van der Waals surface area contributed by atoms with Crippen LogP contribution in [0.1, 0.15) is 39.3 Å². The number of rotatable bonds is 3. The average Bonchev–Trinajstić information content (AvgIpc) is 2.80. The van der Waals surface area contributed by atoms with Crippen molar-refractivity contribution >= 4 is 28.1 Å². The lowest BCUT2D eigenvalue weighted by atomic mass is 10.0. The molecule has 0 atom stereocenters. The Balaban J connectivity index is 1.82. The van der Waals surface area contributed by atoms with Crippen LogP contribution >= 0.6 is 11.3 Å². The van der Waals surface area contributed by atoms with Crippen molar-refractivity contribution in [1.29, 1.82) is 0 Å². The lowest BCUT2D eigenvalue weighted by molar-refractivity contribution is 0.0696. The van der Waals surface area contributed by atoms with Crippen LogP contribution in [0.3, 0.4) is 0 Å². The third kappa shape index (κ3) is 2.54. The second-order valence-electron chi connectivity index (χ2n) is 5.06. The highest BCUT2D eigenvalue weighted by Gasteiger charge is 2.15. The van der Waals surface area contributed by atoms with Crippen LogP contribution in [0, 0.1) is 6.92 Å². The van der Waals surface area contributed by atoms with E-state index in [1.54, 1.807) is 23.5 Å². The van der Waals surface area contributed by atoms with Gasteiger partial charge in [0.2, 0.25) is 0 Å². The Bertz CT molecular complexity index is 640. The summed E-state index contributed by atoms with van der Waals surface area (Å²) < 4.78 is 0. The summed E-state index contributed by atoms with van der Waals surface area (Å²) >= 11 is 1.71. The number of benzene rings is 1. The van der Waals surface area contributed by atoms with Crippen LogP contribution in [0.4, 0.5) is 10.8 Å². The topological polar surface area (TPSA) is 62.2 Å². The van der Waals surface area contributed by atoms with Gasteiger partial charge in [0.25, 0.3) is 0 Å². The summed E-state index contributed by atoms with van der Waals surface area (Å²) in [6.07, 6.45) is 4.68. The molecule has 0 fully saturated rings. The van der Waals surface area contributed by atoms with E-state index in [0.717, 1.165) is 29.2 Å². The fourth-order valence-corrected chi connectivity index (χ4v) is 3.58. The SMILES string of the molecule is Cc1cc(Nc2nc3c(s2)CCCC3)ccc1C(=O)O. The summed E-state index contributed by atoms with van der Waals surface area (Å²) in [5, 5.41) is 13.2. The third-order valence-electron chi connectivity index (χ3n) is 3.55. The highest BCUT2D eigenvalue weighted by Crippen LogP contribution is 2.31. The van der Waals surface area contributed by atoms with Gasteiger partial charge in [-0.1, -0.05) is 0 Å². The molecule has 0 saturated carbocycles. The van der Waals surface area contributed by atoms with Crippen LogP contribution in [0.5, 0.6) is 0 Å². The Morgan fingerprint density at radius 2 is 2.15 bits per heavy atom. The highest BCUT2D eigenvalue weighted by atomic mass is 32.1. The van der Waals surface area contributed by atoms with Gasteiger partial charge in [-0.15, -0.1) is 11.3 Å². The normalized spacial score (nSPS) is 13.8. The number of hydrogen-bond acceptors (Lipinski definition) is 4. The van der Waals surface area contributed by atoms with E-state index in [9.17, 15) is 4.79 Å². The number of carbonyl (C=O) groups is 1. The van der Waals surface area contributed by atoms with Crippen LogP contribution in [0.25, 0.3) is 0 Å². The number of aromatic carboxylic acids is 1. The zero-order chi connectivity index (χ0) is 14.1. The Kier molecular flexibility index (Phi) is 3.44. The summed E-state index contributed by atoms with van der Waals surface area (Å²) in [4.78, 5) is 17.0. The van der Waals surface area contributed by atoms with Crippen molar-refractivity contribution in [2.24, 2.45) is 0 Å². The van der Waals surface area contributed by atoms with Gasteiger partial charge in [0.05, 0.1) is 11.3 Å². The standard InChI is InChI=1S/C15H16N2O2S/c1-9-8-10(6-7-11(9)14(18)19)16-15-17-12-4-2-3-5-13(12)20-15/h6-8H,2-5H2,1H3,(H,16,17)(H,18,19). The molecular formula is C15H16N2O2S. The minimum atomic E-state index is -0.890. The van der Waals surface area contributed by atoms with Crippen molar-refractivity contribution < 1.29 is 9.90 Å². The largest absolute Gasteiger partial charge is 0.478 e. The quantitative estimate of drug-likeness (QED) is 0.902. The summed E-state index contributed by atoms with van der Waals surface area (Å²) in [6, 6.07) is 5.27. The summed E-state index contributed by atoms with van der Waals surface area (Å²) in [6.45, 7) is 1.81. The molecule has 0 saturated heterocycles. The molecule has 0 amide bonds.